The van der Waals surface area contributed by atoms with Crippen LogP contribution >= 0.6 is 0 Å². The molecule has 0 aliphatic carbocycles. The Labute approximate surface area is 222 Å². The van der Waals surface area contributed by atoms with Crippen molar-refractivity contribution in [2.45, 2.75) is 25.7 Å². The van der Waals surface area contributed by atoms with Crippen molar-refractivity contribution >= 4 is 0 Å². The summed E-state index contributed by atoms with van der Waals surface area (Å²) in [6.45, 7) is 3.77. The van der Waals surface area contributed by atoms with Gasteiger partial charge in [0.05, 0.1) is 0 Å². The zero-order valence-electron chi connectivity index (χ0n) is 21.3. The third kappa shape index (κ3) is 5.07. The zero-order valence-corrected chi connectivity index (χ0v) is 21.3. The molecule has 0 saturated heterocycles. The van der Waals surface area contributed by atoms with Crippen LogP contribution in [-0.2, 0) is 0 Å². The second-order valence-electron chi connectivity index (χ2n) is 9.81. The standard InChI is InChI=1S/C34H30O4/c1-21-19-27(11-17-31(21)37)33(25-7-13-29(35)14-8-25)23-3-5-24(6-4-23)34(26-9-15-30(36)16-10-26)28-12-18-32(38)22(2)20-28/h3-20,33-38H,1-2H3. The van der Waals surface area contributed by atoms with E-state index in [9.17, 15) is 20.4 Å². The predicted octanol–water partition coefficient (Wildman–Crippen LogP) is 7.49. The first kappa shape index (κ1) is 25.0. The second kappa shape index (κ2) is 10.3. The van der Waals surface area contributed by atoms with Gasteiger partial charge >= 0.3 is 0 Å². The molecule has 0 fully saturated rings. The van der Waals surface area contributed by atoms with Gasteiger partial charge in [-0.1, -0.05) is 72.8 Å². The summed E-state index contributed by atoms with van der Waals surface area (Å²) in [6, 6.07) is 34.3. The van der Waals surface area contributed by atoms with E-state index in [0.29, 0.717) is 0 Å². The van der Waals surface area contributed by atoms with Crippen LogP contribution in [0.25, 0.3) is 0 Å². The van der Waals surface area contributed by atoms with Crippen LogP contribution in [0.2, 0.25) is 0 Å². The van der Waals surface area contributed by atoms with E-state index in [1.807, 2.05) is 62.4 Å². The van der Waals surface area contributed by atoms with Crippen molar-refractivity contribution in [3.8, 4) is 23.0 Å². The maximum Gasteiger partial charge on any atom is 0.118 e. The van der Waals surface area contributed by atoms with Crippen molar-refractivity contribution in [2.75, 3.05) is 0 Å². The van der Waals surface area contributed by atoms with Gasteiger partial charge in [-0.05, 0) is 94.8 Å². The Kier molecular flexibility index (Phi) is 6.80. The quantitative estimate of drug-likeness (QED) is 0.181. The van der Waals surface area contributed by atoms with Gasteiger partial charge in [0.25, 0.3) is 0 Å². The average Bonchev–Trinajstić information content (AvgIpc) is 2.91. The summed E-state index contributed by atoms with van der Waals surface area (Å²) in [5, 5.41) is 39.9. The van der Waals surface area contributed by atoms with Gasteiger partial charge in [-0.25, -0.2) is 0 Å². The van der Waals surface area contributed by atoms with Gasteiger partial charge in [-0.2, -0.15) is 0 Å². The molecule has 0 aromatic heterocycles. The van der Waals surface area contributed by atoms with E-state index in [1.54, 1.807) is 36.4 Å². The molecular formula is C34H30O4. The third-order valence-electron chi connectivity index (χ3n) is 7.16. The third-order valence-corrected chi connectivity index (χ3v) is 7.16. The molecule has 190 valence electrons. The monoisotopic (exact) mass is 502 g/mol. The normalized spacial score (nSPS) is 12.7. The first-order valence-electron chi connectivity index (χ1n) is 12.6. The average molecular weight is 503 g/mol. The minimum absolute atomic E-state index is 0.0908. The van der Waals surface area contributed by atoms with Crippen LogP contribution < -0.4 is 0 Å². The Morgan fingerprint density at radius 3 is 0.921 bits per heavy atom. The number of rotatable bonds is 6. The molecule has 0 radical (unpaired) electrons. The second-order valence-corrected chi connectivity index (χ2v) is 9.81. The van der Waals surface area contributed by atoms with Crippen molar-refractivity contribution < 1.29 is 20.4 Å². The lowest BCUT2D eigenvalue weighted by molar-refractivity contribution is 0.470. The van der Waals surface area contributed by atoms with Crippen LogP contribution in [0, 0.1) is 13.8 Å². The number of hydrogen-bond donors (Lipinski definition) is 4. The van der Waals surface area contributed by atoms with Crippen LogP contribution in [0.5, 0.6) is 23.0 Å². The smallest absolute Gasteiger partial charge is 0.118 e. The molecule has 2 unspecified atom stereocenters. The first-order chi connectivity index (χ1) is 18.3. The molecule has 0 spiro atoms. The molecule has 0 saturated carbocycles. The Morgan fingerprint density at radius 1 is 0.368 bits per heavy atom. The Bertz CT molecular complexity index is 1430. The largest absolute Gasteiger partial charge is 0.508 e. The number of hydrogen-bond acceptors (Lipinski definition) is 4. The van der Waals surface area contributed by atoms with Crippen molar-refractivity contribution in [1.82, 2.24) is 0 Å². The van der Waals surface area contributed by atoms with Crippen LogP contribution in [0.1, 0.15) is 56.3 Å². The molecule has 0 heterocycles. The Hall–Kier alpha value is -4.70. The van der Waals surface area contributed by atoms with E-state index in [1.165, 1.54) is 0 Å². The number of aromatic hydroxyl groups is 4. The minimum Gasteiger partial charge on any atom is -0.508 e. The Balaban J connectivity index is 1.60. The molecule has 4 nitrogen and oxygen atoms in total. The van der Waals surface area contributed by atoms with E-state index in [2.05, 4.69) is 24.3 Å². The first-order valence-corrected chi connectivity index (χ1v) is 12.6. The summed E-state index contributed by atoms with van der Waals surface area (Å²) in [5.74, 6) is 0.763. The summed E-state index contributed by atoms with van der Waals surface area (Å²) in [7, 11) is 0. The SMILES string of the molecule is Cc1cc(C(c2ccc(O)cc2)c2ccc(C(c3ccc(O)cc3)c3ccc(O)c(C)c3)cc2)ccc1O. The lowest BCUT2D eigenvalue weighted by Crippen LogP contribution is -2.06. The molecule has 0 aliphatic heterocycles. The van der Waals surface area contributed by atoms with Gasteiger partial charge in [0, 0.05) is 11.8 Å². The summed E-state index contributed by atoms with van der Waals surface area (Å²) >= 11 is 0. The highest BCUT2D eigenvalue weighted by atomic mass is 16.3. The molecule has 0 bridgehead atoms. The van der Waals surface area contributed by atoms with Crippen LogP contribution in [0.4, 0.5) is 0 Å². The van der Waals surface area contributed by atoms with Gasteiger partial charge in [0.15, 0.2) is 0 Å². The van der Waals surface area contributed by atoms with E-state index in [-0.39, 0.29) is 34.8 Å². The van der Waals surface area contributed by atoms with Gasteiger partial charge < -0.3 is 20.4 Å². The zero-order chi connectivity index (χ0) is 26.8. The highest BCUT2D eigenvalue weighted by molar-refractivity contribution is 5.51. The summed E-state index contributed by atoms with van der Waals surface area (Å²) in [4.78, 5) is 0. The number of phenols is 4. The number of aryl methyl sites for hydroxylation is 2. The topological polar surface area (TPSA) is 80.9 Å². The maximum absolute atomic E-state index is 10.1. The minimum atomic E-state index is -0.0908. The fourth-order valence-electron chi connectivity index (χ4n) is 5.09. The van der Waals surface area contributed by atoms with E-state index in [0.717, 1.165) is 44.5 Å². The molecule has 4 N–H and O–H groups in total. The van der Waals surface area contributed by atoms with Crippen LogP contribution in [0.3, 0.4) is 0 Å². The van der Waals surface area contributed by atoms with Crippen molar-refractivity contribution in [2.24, 2.45) is 0 Å². The molecule has 2 atom stereocenters. The van der Waals surface area contributed by atoms with Gasteiger partial charge in [0.1, 0.15) is 23.0 Å². The van der Waals surface area contributed by atoms with E-state index < -0.39 is 0 Å². The molecular weight excluding hydrogens is 472 g/mol. The van der Waals surface area contributed by atoms with E-state index in [4.69, 9.17) is 0 Å². The molecule has 0 amide bonds. The summed E-state index contributed by atoms with van der Waals surface area (Å²) in [5.41, 5.74) is 7.92. The van der Waals surface area contributed by atoms with Crippen molar-refractivity contribution in [3.63, 3.8) is 0 Å². The fourth-order valence-corrected chi connectivity index (χ4v) is 5.09. The lowest BCUT2D eigenvalue weighted by Gasteiger charge is -2.23. The molecule has 4 heteroatoms. The Morgan fingerprint density at radius 2 is 0.632 bits per heavy atom. The molecule has 38 heavy (non-hydrogen) atoms. The summed E-state index contributed by atoms with van der Waals surface area (Å²) in [6.07, 6.45) is 0. The molecule has 5 aromatic carbocycles. The molecule has 5 rings (SSSR count). The predicted molar refractivity (Wildman–Crippen MR) is 150 cm³/mol. The van der Waals surface area contributed by atoms with E-state index >= 15 is 0 Å². The highest BCUT2D eigenvalue weighted by Gasteiger charge is 2.21. The summed E-state index contributed by atoms with van der Waals surface area (Å²) < 4.78 is 0. The lowest BCUT2D eigenvalue weighted by atomic mass is 9.81. The van der Waals surface area contributed by atoms with Crippen LogP contribution in [-0.4, -0.2) is 20.4 Å². The fraction of sp³-hybridized carbons (Fsp3) is 0.118. The maximum atomic E-state index is 10.1. The molecule has 0 aliphatic rings. The van der Waals surface area contributed by atoms with Gasteiger partial charge in [-0.3, -0.25) is 0 Å². The highest BCUT2D eigenvalue weighted by Crippen LogP contribution is 2.38. The number of benzene rings is 5. The van der Waals surface area contributed by atoms with Crippen molar-refractivity contribution in [3.05, 3.63) is 154 Å². The van der Waals surface area contributed by atoms with Crippen LogP contribution in [0.15, 0.2) is 109 Å². The molecule has 5 aromatic rings. The van der Waals surface area contributed by atoms with Gasteiger partial charge in [0.2, 0.25) is 0 Å². The van der Waals surface area contributed by atoms with Gasteiger partial charge in [-0.15, -0.1) is 0 Å². The number of phenolic OH excluding ortho intramolecular Hbond substituents is 4. The van der Waals surface area contributed by atoms with Crippen molar-refractivity contribution in [1.29, 1.82) is 0 Å².